The van der Waals surface area contributed by atoms with Crippen LogP contribution in [0.5, 0.6) is 0 Å². The van der Waals surface area contributed by atoms with Gasteiger partial charge in [0.25, 0.3) is 0 Å². The minimum Gasteiger partial charge on any atom is -0.384 e. The van der Waals surface area contributed by atoms with Crippen LogP contribution >= 0.6 is 0 Å². The third-order valence-electron chi connectivity index (χ3n) is 2.49. The fourth-order valence-electron chi connectivity index (χ4n) is 1.55. The highest BCUT2D eigenvalue weighted by Crippen LogP contribution is 2.12. The highest BCUT2D eigenvalue weighted by molar-refractivity contribution is 5.37. The van der Waals surface area contributed by atoms with Crippen LogP contribution in [0.2, 0.25) is 0 Å². The first-order valence-electron chi connectivity index (χ1n) is 5.82. The molecule has 0 heterocycles. The van der Waals surface area contributed by atoms with Gasteiger partial charge in [0, 0.05) is 5.56 Å². The zero-order valence-corrected chi connectivity index (χ0v) is 9.95. The van der Waals surface area contributed by atoms with E-state index in [1.807, 2.05) is 60.7 Å². The molecule has 88 valence electrons. The Bertz CT molecular complexity index is 559. The SMILES string of the molecule is OC(/C=C\C#Cc1ccccc1)c1ccccc1. The molecule has 0 aliphatic heterocycles. The Balaban J connectivity index is 1.99. The van der Waals surface area contributed by atoms with Gasteiger partial charge in [-0.25, -0.2) is 0 Å². The van der Waals surface area contributed by atoms with Gasteiger partial charge in [0.1, 0.15) is 0 Å². The van der Waals surface area contributed by atoms with Crippen molar-refractivity contribution in [3.8, 4) is 11.8 Å². The third-order valence-corrected chi connectivity index (χ3v) is 2.49. The molecule has 2 aromatic carbocycles. The van der Waals surface area contributed by atoms with Crippen LogP contribution in [-0.4, -0.2) is 5.11 Å². The topological polar surface area (TPSA) is 20.2 Å². The molecule has 0 radical (unpaired) electrons. The van der Waals surface area contributed by atoms with Crippen molar-refractivity contribution < 1.29 is 5.11 Å². The largest absolute Gasteiger partial charge is 0.384 e. The Kier molecular flexibility index (Phi) is 4.35. The second kappa shape index (κ2) is 6.44. The van der Waals surface area contributed by atoms with Gasteiger partial charge in [0.15, 0.2) is 0 Å². The van der Waals surface area contributed by atoms with Crippen molar-refractivity contribution in [3.63, 3.8) is 0 Å². The molecule has 0 bridgehead atoms. The maximum Gasteiger partial charge on any atom is 0.0980 e. The van der Waals surface area contributed by atoms with Gasteiger partial charge >= 0.3 is 0 Å². The predicted molar refractivity (Wildman–Crippen MR) is 73.9 cm³/mol. The number of rotatable bonds is 2. The Labute approximate surface area is 107 Å². The monoisotopic (exact) mass is 234 g/mol. The van der Waals surface area contributed by atoms with Gasteiger partial charge in [-0.15, -0.1) is 0 Å². The van der Waals surface area contributed by atoms with Crippen LogP contribution in [0.4, 0.5) is 0 Å². The van der Waals surface area contributed by atoms with E-state index >= 15 is 0 Å². The number of aliphatic hydroxyl groups excluding tert-OH is 1. The molecule has 2 rings (SSSR count). The lowest BCUT2D eigenvalue weighted by Crippen LogP contribution is -1.91. The highest BCUT2D eigenvalue weighted by Gasteiger charge is 1.99. The van der Waals surface area contributed by atoms with Crippen molar-refractivity contribution >= 4 is 0 Å². The van der Waals surface area contributed by atoms with Crippen molar-refractivity contribution in [1.82, 2.24) is 0 Å². The van der Waals surface area contributed by atoms with Gasteiger partial charge in [-0.2, -0.15) is 0 Å². The van der Waals surface area contributed by atoms with Gasteiger partial charge in [0.2, 0.25) is 0 Å². The second-order valence-corrected chi connectivity index (χ2v) is 3.85. The first-order chi connectivity index (χ1) is 8.86. The number of hydrogen-bond acceptors (Lipinski definition) is 1. The number of allylic oxidation sites excluding steroid dienone is 1. The van der Waals surface area contributed by atoms with E-state index in [0.29, 0.717) is 0 Å². The molecule has 0 amide bonds. The van der Waals surface area contributed by atoms with Crippen molar-refractivity contribution in [1.29, 1.82) is 0 Å². The summed E-state index contributed by atoms with van der Waals surface area (Å²) in [5.41, 5.74) is 1.84. The lowest BCUT2D eigenvalue weighted by Gasteiger charge is -2.03. The maximum atomic E-state index is 9.86. The molecule has 0 saturated carbocycles. The van der Waals surface area contributed by atoms with E-state index < -0.39 is 6.10 Å². The van der Waals surface area contributed by atoms with Gasteiger partial charge in [0.05, 0.1) is 6.10 Å². The number of hydrogen-bond donors (Lipinski definition) is 1. The van der Waals surface area contributed by atoms with Crippen LogP contribution < -0.4 is 0 Å². The molecule has 0 aliphatic carbocycles. The molecule has 18 heavy (non-hydrogen) atoms. The molecule has 1 unspecified atom stereocenters. The average molecular weight is 234 g/mol. The molecule has 2 aromatic rings. The maximum absolute atomic E-state index is 9.86. The normalized spacial score (nSPS) is 11.8. The smallest absolute Gasteiger partial charge is 0.0980 e. The predicted octanol–water partition coefficient (Wildman–Crippen LogP) is 3.33. The van der Waals surface area contributed by atoms with Crippen LogP contribution in [0.15, 0.2) is 72.8 Å². The summed E-state index contributed by atoms with van der Waals surface area (Å²) in [6.45, 7) is 0. The summed E-state index contributed by atoms with van der Waals surface area (Å²) >= 11 is 0. The van der Waals surface area contributed by atoms with E-state index in [4.69, 9.17) is 0 Å². The Morgan fingerprint density at radius 1 is 0.889 bits per heavy atom. The van der Waals surface area contributed by atoms with Crippen LogP contribution in [0.3, 0.4) is 0 Å². The molecule has 0 spiro atoms. The third kappa shape index (κ3) is 3.62. The van der Waals surface area contributed by atoms with E-state index in [0.717, 1.165) is 11.1 Å². The molecular weight excluding hydrogens is 220 g/mol. The average Bonchev–Trinajstić information content (AvgIpc) is 2.45. The molecule has 1 N–H and O–H groups in total. The molecular formula is C17H14O. The molecule has 1 nitrogen and oxygen atoms in total. The quantitative estimate of drug-likeness (QED) is 0.790. The summed E-state index contributed by atoms with van der Waals surface area (Å²) in [5.74, 6) is 5.92. The van der Waals surface area contributed by atoms with Crippen LogP contribution in [0.1, 0.15) is 17.2 Å². The van der Waals surface area contributed by atoms with Crippen LogP contribution in [0, 0.1) is 11.8 Å². The lowest BCUT2D eigenvalue weighted by molar-refractivity contribution is 0.229. The van der Waals surface area contributed by atoms with Crippen molar-refractivity contribution in [2.24, 2.45) is 0 Å². The first kappa shape index (κ1) is 12.2. The van der Waals surface area contributed by atoms with Gasteiger partial charge < -0.3 is 5.11 Å². The molecule has 0 aliphatic rings. The minimum atomic E-state index is -0.601. The first-order valence-corrected chi connectivity index (χ1v) is 5.82. The zero-order valence-electron chi connectivity index (χ0n) is 9.95. The fourth-order valence-corrected chi connectivity index (χ4v) is 1.55. The summed E-state index contributed by atoms with van der Waals surface area (Å²) in [5, 5.41) is 9.86. The summed E-state index contributed by atoms with van der Waals surface area (Å²) < 4.78 is 0. The second-order valence-electron chi connectivity index (χ2n) is 3.85. The van der Waals surface area contributed by atoms with Gasteiger partial charge in [-0.1, -0.05) is 60.4 Å². The van der Waals surface area contributed by atoms with E-state index in [1.165, 1.54) is 0 Å². The summed E-state index contributed by atoms with van der Waals surface area (Å²) in [4.78, 5) is 0. The fraction of sp³-hybridized carbons (Fsp3) is 0.0588. The van der Waals surface area contributed by atoms with Crippen LogP contribution in [0.25, 0.3) is 0 Å². The molecule has 0 saturated heterocycles. The summed E-state index contributed by atoms with van der Waals surface area (Å²) in [7, 11) is 0. The van der Waals surface area contributed by atoms with Crippen molar-refractivity contribution in [3.05, 3.63) is 83.9 Å². The van der Waals surface area contributed by atoms with Crippen LogP contribution in [-0.2, 0) is 0 Å². The molecule has 0 fully saturated rings. The van der Waals surface area contributed by atoms with Crippen molar-refractivity contribution in [2.75, 3.05) is 0 Å². The molecule has 1 heteroatoms. The minimum absolute atomic E-state index is 0.601. The van der Waals surface area contributed by atoms with E-state index in [-0.39, 0.29) is 0 Å². The number of aliphatic hydroxyl groups is 1. The van der Waals surface area contributed by atoms with E-state index in [9.17, 15) is 5.11 Å². The van der Waals surface area contributed by atoms with Crippen molar-refractivity contribution in [2.45, 2.75) is 6.10 Å². The standard InChI is InChI=1S/C17H14O/c18-17(16-12-5-2-6-13-16)14-8-7-11-15-9-3-1-4-10-15/h1-6,8-10,12-14,17-18H/b14-8-. The highest BCUT2D eigenvalue weighted by atomic mass is 16.3. The number of benzene rings is 2. The Hall–Kier alpha value is -2.30. The Morgan fingerprint density at radius 2 is 1.50 bits per heavy atom. The molecule has 1 atom stereocenters. The zero-order chi connectivity index (χ0) is 12.6. The van der Waals surface area contributed by atoms with E-state index in [2.05, 4.69) is 11.8 Å². The summed E-state index contributed by atoms with van der Waals surface area (Å²) in [6.07, 6.45) is 2.77. The summed E-state index contributed by atoms with van der Waals surface area (Å²) in [6, 6.07) is 19.3. The lowest BCUT2D eigenvalue weighted by atomic mass is 10.1. The van der Waals surface area contributed by atoms with Gasteiger partial charge in [-0.3, -0.25) is 0 Å². The van der Waals surface area contributed by atoms with Gasteiger partial charge in [-0.05, 0) is 29.8 Å². The molecule has 0 aromatic heterocycles. The Morgan fingerprint density at radius 3 is 2.17 bits per heavy atom. The van der Waals surface area contributed by atoms with E-state index in [1.54, 1.807) is 12.2 Å².